The van der Waals surface area contributed by atoms with Crippen molar-refractivity contribution in [2.45, 2.75) is 0 Å². The van der Waals surface area contributed by atoms with E-state index in [0.717, 1.165) is 0 Å². The second-order valence-corrected chi connectivity index (χ2v) is 6.38. The predicted molar refractivity (Wildman–Crippen MR) is 70.8 cm³/mol. The number of aromatic nitrogens is 1. The molecule has 1 atom stereocenters. The molecule has 3 N–H and O–H groups in total. The molecular weight excluding hydrogens is 257 g/mol. The summed E-state index contributed by atoms with van der Waals surface area (Å²) in [6.07, 6.45) is 1.63. The summed E-state index contributed by atoms with van der Waals surface area (Å²) in [4.78, 5) is 4.02. The summed E-state index contributed by atoms with van der Waals surface area (Å²) < 4.78 is 17.7. The van der Waals surface area contributed by atoms with Crippen LogP contribution in [0.3, 0.4) is 0 Å². The normalized spacial score (nSPS) is 14.2. The summed E-state index contributed by atoms with van der Waals surface area (Å²) in [5.41, 5.74) is 6.20. The summed E-state index contributed by atoms with van der Waals surface area (Å²) in [7, 11) is -1.72. The van der Waals surface area contributed by atoms with Crippen LogP contribution in [-0.2, 0) is 9.09 Å². The van der Waals surface area contributed by atoms with Crippen LogP contribution in [0.1, 0.15) is 0 Å². The van der Waals surface area contributed by atoms with Gasteiger partial charge in [-0.05, 0) is 24.3 Å². The highest BCUT2D eigenvalue weighted by Crippen LogP contribution is 2.45. The van der Waals surface area contributed by atoms with E-state index in [4.69, 9.17) is 10.3 Å². The Hall–Kier alpha value is -1.36. The van der Waals surface area contributed by atoms with E-state index in [0.29, 0.717) is 16.1 Å². The van der Waals surface area contributed by atoms with Crippen LogP contribution in [0.25, 0.3) is 0 Å². The van der Waals surface area contributed by atoms with Crippen molar-refractivity contribution in [2.75, 3.05) is 17.9 Å². The number of thiazole rings is 1. The van der Waals surface area contributed by atoms with Gasteiger partial charge in [0.25, 0.3) is 0 Å². The van der Waals surface area contributed by atoms with Crippen molar-refractivity contribution in [2.24, 2.45) is 0 Å². The first-order valence-electron chi connectivity index (χ1n) is 4.84. The first kappa shape index (κ1) is 12.1. The molecule has 2 rings (SSSR count). The fraction of sp³-hybridized carbons (Fsp3) is 0.100. The molecule has 1 unspecified atom stereocenters. The zero-order valence-electron chi connectivity index (χ0n) is 9.16. The number of anilines is 2. The molecule has 0 aliphatic rings. The Kier molecular flexibility index (Phi) is 3.47. The lowest BCUT2D eigenvalue weighted by molar-refractivity contribution is 0.408. The second kappa shape index (κ2) is 4.87. The van der Waals surface area contributed by atoms with Crippen molar-refractivity contribution in [3.05, 3.63) is 35.8 Å². The van der Waals surface area contributed by atoms with Crippen molar-refractivity contribution in [3.8, 4) is 0 Å². The summed E-state index contributed by atoms with van der Waals surface area (Å²) >= 11 is 1.36. The van der Waals surface area contributed by atoms with Crippen molar-refractivity contribution in [3.63, 3.8) is 0 Å². The minimum atomic E-state index is -3.12. The van der Waals surface area contributed by atoms with Gasteiger partial charge in [-0.15, -0.1) is 11.3 Å². The van der Waals surface area contributed by atoms with Gasteiger partial charge in [0.2, 0.25) is 0 Å². The first-order chi connectivity index (χ1) is 8.14. The van der Waals surface area contributed by atoms with Gasteiger partial charge in [0, 0.05) is 24.4 Å². The average Bonchev–Trinajstić information content (AvgIpc) is 2.82. The van der Waals surface area contributed by atoms with E-state index in [2.05, 4.69) is 10.1 Å². The van der Waals surface area contributed by atoms with Gasteiger partial charge in [-0.1, -0.05) is 0 Å². The second-order valence-electron chi connectivity index (χ2n) is 3.27. The lowest BCUT2D eigenvalue weighted by Crippen LogP contribution is -2.13. The van der Waals surface area contributed by atoms with E-state index in [1.54, 1.807) is 35.8 Å². The number of hydrogen-bond acceptors (Lipinski definition) is 5. The number of rotatable bonds is 4. The molecule has 2 aromatic rings. The monoisotopic (exact) mass is 269 g/mol. The Morgan fingerprint density at radius 3 is 2.65 bits per heavy atom. The third-order valence-electron chi connectivity index (χ3n) is 2.17. The minimum Gasteiger partial charge on any atom is -0.399 e. The predicted octanol–water partition coefficient (Wildman–Crippen LogP) is 2.30. The third-order valence-corrected chi connectivity index (χ3v) is 5.00. The summed E-state index contributed by atoms with van der Waals surface area (Å²) in [6.45, 7) is 0. The highest BCUT2D eigenvalue weighted by Gasteiger charge is 2.25. The van der Waals surface area contributed by atoms with Crippen LogP contribution < -0.4 is 16.1 Å². The molecule has 0 radical (unpaired) electrons. The molecule has 0 amide bonds. The van der Waals surface area contributed by atoms with Crippen LogP contribution in [-0.4, -0.2) is 12.1 Å². The maximum atomic E-state index is 12.6. The molecular formula is C10H12N3O2PS. The Bertz CT molecular complexity index is 527. The SMILES string of the molecule is COP(=O)(Nc1nccs1)c1ccc(N)cc1. The van der Waals surface area contributed by atoms with Gasteiger partial charge in [-0.25, -0.2) is 4.98 Å². The van der Waals surface area contributed by atoms with Crippen LogP contribution in [0.4, 0.5) is 10.8 Å². The molecule has 0 bridgehead atoms. The van der Waals surface area contributed by atoms with Crippen LogP contribution in [0.2, 0.25) is 0 Å². The average molecular weight is 269 g/mol. The number of hydrogen-bond donors (Lipinski definition) is 2. The third kappa shape index (κ3) is 2.66. The molecule has 0 aliphatic carbocycles. The van der Waals surface area contributed by atoms with E-state index in [-0.39, 0.29) is 0 Å². The number of nitrogens with one attached hydrogen (secondary N) is 1. The lowest BCUT2D eigenvalue weighted by Gasteiger charge is -2.16. The van der Waals surface area contributed by atoms with Crippen molar-refractivity contribution in [1.82, 2.24) is 4.98 Å². The minimum absolute atomic E-state index is 0.560. The van der Waals surface area contributed by atoms with Crippen LogP contribution in [0.15, 0.2) is 35.8 Å². The van der Waals surface area contributed by atoms with Crippen LogP contribution in [0.5, 0.6) is 0 Å². The molecule has 0 spiro atoms. The van der Waals surface area contributed by atoms with E-state index in [1.807, 2.05) is 0 Å². The van der Waals surface area contributed by atoms with E-state index in [1.165, 1.54) is 18.4 Å². The molecule has 7 heteroatoms. The zero-order valence-corrected chi connectivity index (χ0v) is 10.9. The van der Waals surface area contributed by atoms with Crippen LogP contribution in [0, 0.1) is 0 Å². The Morgan fingerprint density at radius 1 is 1.41 bits per heavy atom. The first-order valence-corrected chi connectivity index (χ1v) is 7.34. The lowest BCUT2D eigenvalue weighted by atomic mass is 10.3. The van der Waals surface area contributed by atoms with Gasteiger partial charge in [-0.3, -0.25) is 9.65 Å². The standard InChI is InChI=1S/C10H12N3O2PS/c1-15-16(14,13-10-12-6-7-17-10)9-4-2-8(11)3-5-9/h2-7H,11H2,1H3,(H,12,13,14). The highest BCUT2D eigenvalue weighted by atomic mass is 32.1. The fourth-order valence-electron chi connectivity index (χ4n) is 1.29. The number of nitrogens with two attached hydrogens (primary N) is 1. The molecule has 5 nitrogen and oxygen atoms in total. The number of nitrogen functional groups attached to an aromatic ring is 1. The molecule has 0 saturated carbocycles. The smallest absolute Gasteiger partial charge is 0.325 e. The number of benzene rings is 1. The summed E-state index contributed by atoms with van der Waals surface area (Å²) in [5.74, 6) is 0. The van der Waals surface area contributed by atoms with Gasteiger partial charge in [0.15, 0.2) is 5.13 Å². The van der Waals surface area contributed by atoms with Crippen molar-refractivity contribution >= 4 is 35.0 Å². The maximum absolute atomic E-state index is 12.6. The van der Waals surface area contributed by atoms with Gasteiger partial charge in [0.1, 0.15) is 0 Å². The van der Waals surface area contributed by atoms with E-state index >= 15 is 0 Å². The van der Waals surface area contributed by atoms with Gasteiger partial charge in [-0.2, -0.15) is 0 Å². The Labute approximate surface area is 103 Å². The highest BCUT2D eigenvalue weighted by molar-refractivity contribution is 7.68. The van der Waals surface area contributed by atoms with Crippen molar-refractivity contribution in [1.29, 1.82) is 0 Å². The quantitative estimate of drug-likeness (QED) is 0.658. The fourth-order valence-corrected chi connectivity index (χ4v) is 3.52. The van der Waals surface area contributed by atoms with Gasteiger partial charge in [0.05, 0.1) is 5.30 Å². The molecule has 1 aromatic carbocycles. The molecule has 0 aliphatic heterocycles. The number of nitrogens with zero attached hydrogens (tertiary/aromatic N) is 1. The van der Waals surface area contributed by atoms with E-state index in [9.17, 15) is 4.57 Å². The largest absolute Gasteiger partial charge is 0.399 e. The molecule has 1 aromatic heterocycles. The molecule has 17 heavy (non-hydrogen) atoms. The van der Waals surface area contributed by atoms with Gasteiger partial charge < -0.3 is 10.3 Å². The Balaban J connectivity index is 2.31. The maximum Gasteiger partial charge on any atom is 0.325 e. The van der Waals surface area contributed by atoms with Crippen molar-refractivity contribution < 1.29 is 9.09 Å². The molecule has 90 valence electrons. The molecule has 0 saturated heterocycles. The topological polar surface area (TPSA) is 77.2 Å². The van der Waals surface area contributed by atoms with E-state index < -0.39 is 7.52 Å². The molecule has 0 fully saturated rings. The Morgan fingerprint density at radius 2 is 2.12 bits per heavy atom. The molecule has 1 heterocycles. The summed E-state index contributed by atoms with van der Waals surface area (Å²) in [5, 5.41) is 5.74. The van der Waals surface area contributed by atoms with Gasteiger partial charge >= 0.3 is 7.52 Å². The zero-order chi connectivity index (χ0) is 12.3. The van der Waals surface area contributed by atoms with Crippen LogP contribution >= 0.6 is 18.9 Å². The summed E-state index contributed by atoms with van der Waals surface area (Å²) in [6, 6.07) is 6.73.